The van der Waals surface area contributed by atoms with Gasteiger partial charge in [-0.1, -0.05) is 70.1 Å². The minimum absolute atomic E-state index is 0.0292. The zero-order chi connectivity index (χ0) is 26.3. The van der Waals surface area contributed by atoms with Gasteiger partial charge in [-0.25, -0.2) is 0 Å². The lowest BCUT2D eigenvalue weighted by Gasteiger charge is -2.57. The maximum Gasteiger partial charge on any atom is 0.306 e. The smallest absolute Gasteiger partial charge is 0.306 e. The summed E-state index contributed by atoms with van der Waals surface area (Å²) in [6, 6.07) is 0. The molecule has 4 nitrogen and oxygen atoms in total. The average Bonchev–Trinajstić information content (AvgIpc) is 3.03. The van der Waals surface area contributed by atoms with Crippen LogP contribution in [0.15, 0.2) is 35.5 Å². The molecule has 0 amide bonds. The van der Waals surface area contributed by atoms with Gasteiger partial charge in [-0.05, 0) is 98.7 Å². The lowest BCUT2D eigenvalue weighted by molar-refractivity contribution is -0.146. The second kappa shape index (κ2) is 9.90. The Kier molecular flexibility index (Phi) is 7.85. The van der Waals surface area contributed by atoms with E-state index in [0.29, 0.717) is 24.7 Å². The summed E-state index contributed by atoms with van der Waals surface area (Å²) in [5, 5.41) is 19.8. The molecule has 1 saturated carbocycles. The lowest BCUT2D eigenvalue weighted by Crippen LogP contribution is -2.49. The van der Waals surface area contributed by atoms with E-state index in [1.807, 2.05) is 0 Å². The van der Waals surface area contributed by atoms with Crippen molar-refractivity contribution in [1.29, 1.82) is 0 Å². The Hall–Kier alpha value is -1.84. The topological polar surface area (TPSA) is 74.6 Å². The fourth-order valence-electron chi connectivity index (χ4n) is 8.41. The van der Waals surface area contributed by atoms with E-state index < -0.39 is 11.9 Å². The molecule has 0 radical (unpaired) electrons. The van der Waals surface area contributed by atoms with Gasteiger partial charge >= 0.3 is 11.9 Å². The van der Waals surface area contributed by atoms with E-state index in [4.69, 9.17) is 0 Å². The first kappa shape index (κ1) is 27.7. The van der Waals surface area contributed by atoms with Crippen molar-refractivity contribution < 1.29 is 19.8 Å². The summed E-state index contributed by atoms with van der Waals surface area (Å²) in [5.41, 5.74) is 5.03. The Morgan fingerprint density at radius 2 is 1.66 bits per heavy atom. The van der Waals surface area contributed by atoms with Crippen LogP contribution in [0.25, 0.3) is 0 Å². The summed E-state index contributed by atoms with van der Waals surface area (Å²) in [5.74, 6) is -0.899. The van der Waals surface area contributed by atoms with Gasteiger partial charge in [0.1, 0.15) is 0 Å². The molecule has 2 N–H and O–H groups in total. The van der Waals surface area contributed by atoms with Crippen LogP contribution in [0.3, 0.4) is 0 Å². The number of hydrogen-bond acceptors (Lipinski definition) is 2. The summed E-state index contributed by atoms with van der Waals surface area (Å²) in [7, 11) is 0. The molecule has 3 rings (SSSR count). The molecule has 0 saturated heterocycles. The highest BCUT2D eigenvalue weighted by molar-refractivity contribution is 5.71. The largest absolute Gasteiger partial charge is 0.481 e. The molecule has 0 aliphatic heterocycles. The SMILES string of the molecule is C=C(CC[C@@H](C(=O)O)C1CC[C@@]2(C)C3=C(CC[C@]12C)[C@@](C)(CCC(=O)O)[C@H](C(=C)C)CC3)C(C)C. The van der Waals surface area contributed by atoms with Gasteiger partial charge in [0, 0.05) is 6.42 Å². The zero-order valence-electron chi connectivity index (χ0n) is 23.0. The first-order valence-electron chi connectivity index (χ1n) is 13.7. The highest BCUT2D eigenvalue weighted by Gasteiger charge is 2.62. The van der Waals surface area contributed by atoms with E-state index in [2.05, 4.69) is 54.7 Å². The Morgan fingerprint density at radius 1 is 1.00 bits per heavy atom. The molecule has 3 aliphatic carbocycles. The maximum absolute atomic E-state index is 12.5. The standard InChI is InChI=1S/C31H48O4/c1-19(2)21(5)9-10-22(28(34)35)24-13-17-31(8)26-12-11-23(20(3)4)29(6,16-15-27(32)33)25(26)14-18-30(24,31)7/h19,22-24H,3,5,9-18H2,1-2,4,6-8H3,(H,32,33)(H,34,35)/t22-,23+,24?,29+,30-,31+/m1/s1. The number of carbonyl (C=O) groups is 2. The molecule has 3 aliphatic rings. The minimum Gasteiger partial charge on any atom is -0.481 e. The number of carboxylic acids is 2. The van der Waals surface area contributed by atoms with Crippen LogP contribution in [0.1, 0.15) is 106 Å². The van der Waals surface area contributed by atoms with Crippen LogP contribution >= 0.6 is 0 Å². The molecule has 0 aromatic heterocycles. The van der Waals surface area contributed by atoms with Gasteiger partial charge in [0.25, 0.3) is 0 Å². The third kappa shape index (κ3) is 4.67. The minimum atomic E-state index is -0.737. The number of rotatable bonds is 10. The summed E-state index contributed by atoms with van der Waals surface area (Å²) < 4.78 is 0. The molecular formula is C31H48O4. The zero-order valence-corrected chi connectivity index (χ0v) is 23.0. The van der Waals surface area contributed by atoms with Crippen LogP contribution < -0.4 is 0 Å². The Bertz CT molecular complexity index is 926. The number of allylic oxidation sites excluding steroid dienone is 4. The molecule has 35 heavy (non-hydrogen) atoms. The van der Waals surface area contributed by atoms with Crippen LogP contribution in [-0.2, 0) is 9.59 Å². The van der Waals surface area contributed by atoms with E-state index >= 15 is 0 Å². The molecule has 0 aromatic carbocycles. The normalized spacial score (nSPS) is 35.4. The van der Waals surface area contributed by atoms with Gasteiger partial charge in [0.15, 0.2) is 0 Å². The highest BCUT2D eigenvalue weighted by Crippen LogP contribution is 2.71. The van der Waals surface area contributed by atoms with Crippen molar-refractivity contribution in [2.45, 2.75) is 106 Å². The monoisotopic (exact) mass is 484 g/mol. The maximum atomic E-state index is 12.5. The quantitative estimate of drug-likeness (QED) is 0.308. The molecular weight excluding hydrogens is 436 g/mol. The van der Waals surface area contributed by atoms with Crippen molar-refractivity contribution in [2.75, 3.05) is 0 Å². The van der Waals surface area contributed by atoms with Gasteiger partial charge in [0.05, 0.1) is 5.92 Å². The molecule has 1 fully saturated rings. The molecule has 196 valence electrons. The van der Waals surface area contributed by atoms with E-state index in [-0.39, 0.29) is 34.5 Å². The van der Waals surface area contributed by atoms with Gasteiger partial charge in [0.2, 0.25) is 0 Å². The van der Waals surface area contributed by atoms with Crippen molar-refractivity contribution in [3.63, 3.8) is 0 Å². The van der Waals surface area contributed by atoms with Crippen molar-refractivity contribution in [1.82, 2.24) is 0 Å². The Labute approximate surface area is 213 Å². The van der Waals surface area contributed by atoms with Gasteiger partial charge in [-0.2, -0.15) is 0 Å². The van der Waals surface area contributed by atoms with Crippen molar-refractivity contribution in [3.8, 4) is 0 Å². The summed E-state index contributed by atoms with van der Waals surface area (Å²) in [6.07, 6.45) is 8.20. The van der Waals surface area contributed by atoms with Crippen molar-refractivity contribution in [2.24, 2.45) is 39.9 Å². The molecule has 0 heterocycles. The Balaban J connectivity index is 1.99. The second-order valence-corrected chi connectivity index (χ2v) is 12.9. The van der Waals surface area contributed by atoms with Crippen LogP contribution in [0.2, 0.25) is 0 Å². The third-order valence-corrected chi connectivity index (χ3v) is 10.9. The van der Waals surface area contributed by atoms with Crippen LogP contribution in [0.4, 0.5) is 0 Å². The van der Waals surface area contributed by atoms with Crippen LogP contribution in [0, 0.1) is 39.9 Å². The molecule has 0 aromatic rings. The van der Waals surface area contributed by atoms with Gasteiger partial charge in [-0.3, -0.25) is 9.59 Å². The first-order chi connectivity index (χ1) is 16.2. The third-order valence-electron chi connectivity index (χ3n) is 10.9. The van der Waals surface area contributed by atoms with E-state index in [9.17, 15) is 19.8 Å². The molecule has 0 bridgehead atoms. The fourth-order valence-corrected chi connectivity index (χ4v) is 8.41. The molecule has 1 unspecified atom stereocenters. The summed E-state index contributed by atoms with van der Waals surface area (Å²) in [6.45, 7) is 21.9. The van der Waals surface area contributed by atoms with Crippen molar-refractivity contribution in [3.05, 3.63) is 35.5 Å². The first-order valence-corrected chi connectivity index (χ1v) is 13.7. The predicted molar refractivity (Wildman–Crippen MR) is 142 cm³/mol. The summed E-state index contributed by atoms with van der Waals surface area (Å²) >= 11 is 0. The molecule has 4 heteroatoms. The number of aliphatic carboxylic acids is 2. The number of hydrogen-bond donors (Lipinski definition) is 2. The highest BCUT2D eigenvalue weighted by atomic mass is 16.4. The predicted octanol–water partition coefficient (Wildman–Crippen LogP) is 8.05. The van der Waals surface area contributed by atoms with Crippen molar-refractivity contribution >= 4 is 11.9 Å². The Morgan fingerprint density at radius 3 is 2.20 bits per heavy atom. The van der Waals surface area contributed by atoms with Crippen LogP contribution in [-0.4, -0.2) is 22.2 Å². The van der Waals surface area contributed by atoms with E-state index in [1.165, 1.54) is 11.1 Å². The average molecular weight is 485 g/mol. The number of fused-ring (bicyclic) bond motifs is 2. The molecule has 6 atom stereocenters. The van der Waals surface area contributed by atoms with Gasteiger partial charge in [-0.15, -0.1) is 0 Å². The van der Waals surface area contributed by atoms with E-state index in [0.717, 1.165) is 56.1 Å². The van der Waals surface area contributed by atoms with E-state index in [1.54, 1.807) is 0 Å². The number of carboxylic acid groups (broad SMARTS) is 2. The summed E-state index contributed by atoms with van der Waals surface area (Å²) in [4.78, 5) is 24.1. The second-order valence-electron chi connectivity index (χ2n) is 12.9. The van der Waals surface area contributed by atoms with Crippen LogP contribution in [0.5, 0.6) is 0 Å². The molecule has 0 spiro atoms. The van der Waals surface area contributed by atoms with Gasteiger partial charge < -0.3 is 10.2 Å². The fraction of sp³-hybridized carbons (Fsp3) is 0.742. The lowest BCUT2D eigenvalue weighted by atomic mass is 9.47.